The lowest BCUT2D eigenvalue weighted by atomic mass is 9.53. The van der Waals surface area contributed by atoms with Gasteiger partial charge in [0.1, 0.15) is 0 Å². The van der Waals surface area contributed by atoms with Gasteiger partial charge < -0.3 is 5.32 Å². The molecular weight excluding hydrogens is 294 g/mol. The molecule has 0 aromatic carbocycles. The third-order valence-corrected chi connectivity index (χ3v) is 6.54. The average Bonchev–Trinajstić information content (AvgIpc) is 2.60. The zero-order chi connectivity index (χ0) is 11.5. The van der Waals surface area contributed by atoms with Crippen molar-refractivity contribution in [3.63, 3.8) is 0 Å². The Morgan fingerprint density at radius 2 is 1.65 bits per heavy atom. The molecule has 4 aliphatic rings. The first-order chi connectivity index (χ1) is 8.21. The Labute approximate surface area is 115 Å². The second kappa shape index (κ2) is 3.74. The molecule has 1 aromatic heterocycles. The van der Waals surface area contributed by atoms with Gasteiger partial charge in [0, 0.05) is 5.54 Å². The predicted molar refractivity (Wildman–Crippen MR) is 76.5 cm³/mol. The molecule has 1 aromatic rings. The summed E-state index contributed by atoms with van der Waals surface area (Å²) in [6, 6.07) is 4.39. The summed E-state index contributed by atoms with van der Waals surface area (Å²) in [6.07, 6.45) is 8.84. The number of rotatable bonds is 2. The van der Waals surface area contributed by atoms with Crippen molar-refractivity contribution in [3.05, 3.63) is 15.9 Å². The molecule has 92 valence electrons. The number of anilines is 1. The maximum Gasteiger partial charge on any atom is 0.0898 e. The molecule has 17 heavy (non-hydrogen) atoms. The van der Waals surface area contributed by atoms with Gasteiger partial charge in [-0.05, 0) is 84.3 Å². The first-order valence-electron chi connectivity index (χ1n) is 6.74. The van der Waals surface area contributed by atoms with Gasteiger partial charge in [-0.15, -0.1) is 11.3 Å². The molecule has 4 bridgehead atoms. The minimum Gasteiger partial charge on any atom is -0.371 e. The Morgan fingerprint density at radius 1 is 1.06 bits per heavy atom. The minimum absolute atomic E-state index is 0.457. The summed E-state index contributed by atoms with van der Waals surface area (Å²) in [5.41, 5.74) is 0.457. The van der Waals surface area contributed by atoms with Gasteiger partial charge in [-0.3, -0.25) is 0 Å². The maximum absolute atomic E-state index is 3.90. The lowest BCUT2D eigenvalue weighted by Gasteiger charge is -2.57. The number of nitrogens with one attached hydrogen (secondary N) is 1. The average molecular weight is 312 g/mol. The highest BCUT2D eigenvalue weighted by Gasteiger charge is 2.50. The molecular formula is C14H18BrNS. The highest BCUT2D eigenvalue weighted by Crippen LogP contribution is 2.56. The van der Waals surface area contributed by atoms with Gasteiger partial charge in [0.15, 0.2) is 0 Å². The van der Waals surface area contributed by atoms with E-state index in [9.17, 15) is 0 Å². The van der Waals surface area contributed by atoms with E-state index < -0.39 is 0 Å². The summed E-state index contributed by atoms with van der Waals surface area (Å²) in [5, 5.41) is 5.26. The first kappa shape index (κ1) is 10.9. The standard InChI is InChI=1S/C14H18BrNS/c15-12-1-2-13(17-12)16-14-6-9-3-10(7-14)5-11(4-9)8-14/h1-2,9-11,16H,3-8H2. The van der Waals surface area contributed by atoms with E-state index in [1.54, 1.807) is 0 Å². The van der Waals surface area contributed by atoms with Crippen molar-refractivity contribution < 1.29 is 0 Å². The number of halogens is 1. The predicted octanol–water partition coefficient (Wildman–Crippen LogP) is 4.89. The van der Waals surface area contributed by atoms with Gasteiger partial charge in [0.25, 0.3) is 0 Å². The van der Waals surface area contributed by atoms with Gasteiger partial charge in [-0.25, -0.2) is 0 Å². The van der Waals surface area contributed by atoms with Crippen LogP contribution in [0.1, 0.15) is 38.5 Å². The smallest absolute Gasteiger partial charge is 0.0898 e. The summed E-state index contributed by atoms with van der Waals surface area (Å²) >= 11 is 5.40. The second-order valence-corrected chi connectivity index (χ2v) is 8.89. The van der Waals surface area contributed by atoms with Crippen LogP contribution in [0.4, 0.5) is 5.00 Å². The molecule has 0 radical (unpaired) electrons. The van der Waals surface area contributed by atoms with E-state index in [-0.39, 0.29) is 0 Å². The lowest BCUT2D eigenvalue weighted by Crippen LogP contribution is -2.54. The van der Waals surface area contributed by atoms with Crippen molar-refractivity contribution >= 4 is 32.3 Å². The summed E-state index contributed by atoms with van der Waals surface area (Å²) in [7, 11) is 0. The summed E-state index contributed by atoms with van der Waals surface area (Å²) in [4.78, 5) is 0. The van der Waals surface area contributed by atoms with E-state index in [0.29, 0.717) is 5.54 Å². The molecule has 0 saturated heterocycles. The summed E-state index contributed by atoms with van der Waals surface area (Å²) < 4.78 is 1.24. The Morgan fingerprint density at radius 3 is 2.12 bits per heavy atom. The van der Waals surface area contributed by atoms with E-state index in [0.717, 1.165) is 17.8 Å². The van der Waals surface area contributed by atoms with Crippen molar-refractivity contribution in [3.8, 4) is 0 Å². The van der Waals surface area contributed by atoms with Crippen molar-refractivity contribution in [2.75, 3.05) is 5.32 Å². The molecule has 1 heterocycles. The van der Waals surface area contributed by atoms with Crippen LogP contribution in [-0.2, 0) is 0 Å². The highest BCUT2D eigenvalue weighted by molar-refractivity contribution is 9.11. The van der Waals surface area contributed by atoms with Crippen LogP contribution in [0.2, 0.25) is 0 Å². The van der Waals surface area contributed by atoms with Gasteiger partial charge >= 0.3 is 0 Å². The summed E-state index contributed by atoms with van der Waals surface area (Å²) in [5.74, 6) is 3.08. The van der Waals surface area contributed by atoms with E-state index in [2.05, 4.69) is 33.4 Å². The molecule has 5 rings (SSSR count). The first-order valence-corrected chi connectivity index (χ1v) is 8.35. The van der Waals surface area contributed by atoms with Gasteiger partial charge in [-0.2, -0.15) is 0 Å². The zero-order valence-electron chi connectivity index (χ0n) is 9.92. The van der Waals surface area contributed by atoms with Gasteiger partial charge in [0.05, 0.1) is 8.79 Å². The van der Waals surface area contributed by atoms with Crippen LogP contribution in [0.5, 0.6) is 0 Å². The van der Waals surface area contributed by atoms with E-state index in [4.69, 9.17) is 0 Å². The fraction of sp³-hybridized carbons (Fsp3) is 0.714. The van der Waals surface area contributed by atoms with Crippen LogP contribution in [0.3, 0.4) is 0 Å². The van der Waals surface area contributed by atoms with Crippen molar-refractivity contribution in [2.24, 2.45) is 17.8 Å². The number of thiophene rings is 1. The quantitative estimate of drug-likeness (QED) is 0.820. The van der Waals surface area contributed by atoms with Crippen LogP contribution in [0.25, 0.3) is 0 Å². The van der Waals surface area contributed by atoms with Crippen LogP contribution in [0, 0.1) is 17.8 Å². The Bertz CT molecular complexity index is 404. The molecule has 1 nitrogen and oxygen atoms in total. The molecule has 0 amide bonds. The van der Waals surface area contributed by atoms with E-state index in [1.165, 1.54) is 47.3 Å². The minimum atomic E-state index is 0.457. The third-order valence-electron chi connectivity index (χ3n) is 5.00. The molecule has 1 N–H and O–H groups in total. The van der Waals surface area contributed by atoms with Crippen molar-refractivity contribution in [1.82, 2.24) is 0 Å². The Hall–Kier alpha value is -0.0200. The lowest BCUT2D eigenvalue weighted by molar-refractivity contribution is 0.0109. The topological polar surface area (TPSA) is 12.0 Å². The molecule has 3 heteroatoms. The highest BCUT2D eigenvalue weighted by atomic mass is 79.9. The monoisotopic (exact) mass is 311 g/mol. The number of hydrogen-bond donors (Lipinski definition) is 1. The van der Waals surface area contributed by atoms with Crippen LogP contribution in [-0.4, -0.2) is 5.54 Å². The Balaban J connectivity index is 1.60. The second-order valence-electron chi connectivity index (χ2n) is 6.43. The van der Waals surface area contributed by atoms with E-state index >= 15 is 0 Å². The van der Waals surface area contributed by atoms with Crippen molar-refractivity contribution in [2.45, 2.75) is 44.1 Å². The largest absolute Gasteiger partial charge is 0.371 e. The summed E-state index contributed by atoms with van der Waals surface area (Å²) in [6.45, 7) is 0. The Kier molecular flexibility index (Phi) is 2.39. The number of hydrogen-bond acceptors (Lipinski definition) is 2. The van der Waals surface area contributed by atoms with Crippen LogP contribution in [0.15, 0.2) is 15.9 Å². The normalized spacial score (nSPS) is 43.0. The van der Waals surface area contributed by atoms with Gasteiger partial charge in [0.2, 0.25) is 0 Å². The van der Waals surface area contributed by atoms with Crippen molar-refractivity contribution in [1.29, 1.82) is 0 Å². The van der Waals surface area contributed by atoms with Crippen LogP contribution < -0.4 is 5.32 Å². The van der Waals surface area contributed by atoms with E-state index in [1.807, 2.05) is 11.3 Å². The molecule has 0 atom stereocenters. The SMILES string of the molecule is Brc1ccc(NC23CC4CC(CC(C4)C2)C3)s1. The zero-order valence-corrected chi connectivity index (χ0v) is 12.3. The molecule has 0 spiro atoms. The fourth-order valence-electron chi connectivity index (χ4n) is 4.91. The molecule has 4 saturated carbocycles. The fourth-order valence-corrected chi connectivity index (χ4v) is 6.31. The third kappa shape index (κ3) is 1.86. The van der Waals surface area contributed by atoms with Gasteiger partial charge in [-0.1, -0.05) is 0 Å². The van der Waals surface area contributed by atoms with Crippen LogP contribution >= 0.6 is 27.3 Å². The maximum atomic E-state index is 3.90. The molecule has 4 aliphatic carbocycles. The molecule has 4 fully saturated rings. The molecule has 0 unspecified atom stereocenters. The molecule has 0 aliphatic heterocycles.